The number of aryl methyl sites for hydroxylation is 1. The molecule has 0 radical (unpaired) electrons. The highest BCUT2D eigenvalue weighted by molar-refractivity contribution is 7.09. The first kappa shape index (κ1) is 10.1. The fourth-order valence-electron chi connectivity index (χ4n) is 2.01. The Bertz CT molecular complexity index is 277. The molecule has 1 aromatic rings. The Hall–Kier alpha value is -0.410. The van der Waals surface area contributed by atoms with E-state index in [-0.39, 0.29) is 0 Å². The van der Waals surface area contributed by atoms with E-state index in [1.165, 1.54) is 55.9 Å². The molecule has 2 rings (SSSR count). The van der Waals surface area contributed by atoms with Crippen molar-refractivity contribution in [2.75, 3.05) is 19.6 Å². The Morgan fingerprint density at radius 3 is 2.79 bits per heavy atom. The Kier molecular flexibility index (Phi) is 3.54. The molecule has 0 N–H and O–H groups in total. The van der Waals surface area contributed by atoms with Crippen molar-refractivity contribution < 1.29 is 0 Å². The molecule has 0 unspecified atom stereocenters. The van der Waals surface area contributed by atoms with Gasteiger partial charge in [0.15, 0.2) is 0 Å². The van der Waals surface area contributed by atoms with Gasteiger partial charge in [0, 0.05) is 11.4 Å². The first-order chi connectivity index (χ1) is 6.86. The van der Waals surface area contributed by atoms with Crippen molar-refractivity contribution >= 4 is 11.3 Å². The van der Waals surface area contributed by atoms with Gasteiger partial charge in [-0.1, -0.05) is 6.42 Å². The van der Waals surface area contributed by atoms with Crippen LogP contribution in [-0.2, 0) is 6.42 Å². The molecule has 0 atom stereocenters. The predicted molar refractivity (Wildman–Crippen MR) is 60.8 cm³/mol. The summed E-state index contributed by atoms with van der Waals surface area (Å²) < 4.78 is 0. The van der Waals surface area contributed by atoms with Crippen molar-refractivity contribution in [2.45, 2.75) is 32.6 Å². The lowest BCUT2D eigenvalue weighted by Crippen LogP contribution is -2.31. The molecule has 2 heterocycles. The summed E-state index contributed by atoms with van der Waals surface area (Å²) in [5, 5.41) is 0. The SMILES string of the molecule is Cc1ncsc1CCN1CCCCC1. The van der Waals surface area contributed by atoms with Gasteiger partial charge in [0.2, 0.25) is 0 Å². The average Bonchev–Trinajstić information content (AvgIpc) is 2.63. The molecule has 14 heavy (non-hydrogen) atoms. The summed E-state index contributed by atoms with van der Waals surface area (Å²) in [4.78, 5) is 8.33. The predicted octanol–water partition coefficient (Wildman–Crippen LogP) is 2.48. The molecule has 78 valence electrons. The largest absolute Gasteiger partial charge is 0.303 e. The van der Waals surface area contributed by atoms with E-state index in [1.54, 1.807) is 11.3 Å². The van der Waals surface area contributed by atoms with Crippen LogP contribution in [0.2, 0.25) is 0 Å². The minimum Gasteiger partial charge on any atom is -0.303 e. The quantitative estimate of drug-likeness (QED) is 0.762. The van der Waals surface area contributed by atoms with E-state index in [2.05, 4.69) is 16.8 Å². The van der Waals surface area contributed by atoms with Gasteiger partial charge in [0.25, 0.3) is 0 Å². The van der Waals surface area contributed by atoms with Gasteiger partial charge in [-0.15, -0.1) is 11.3 Å². The van der Waals surface area contributed by atoms with E-state index in [0.29, 0.717) is 0 Å². The normalized spacial score (nSPS) is 18.6. The van der Waals surface area contributed by atoms with E-state index in [9.17, 15) is 0 Å². The summed E-state index contributed by atoms with van der Waals surface area (Å²) in [5.74, 6) is 0. The van der Waals surface area contributed by atoms with Crippen LogP contribution in [-0.4, -0.2) is 29.5 Å². The minimum atomic E-state index is 1.19. The van der Waals surface area contributed by atoms with E-state index in [1.807, 2.05) is 5.51 Å². The number of nitrogens with zero attached hydrogens (tertiary/aromatic N) is 2. The van der Waals surface area contributed by atoms with Crippen LogP contribution >= 0.6 is 11.3 Å². The molecular weight excluding hydrogens is 192 g/mol. The molecule has 1 aliphatic rings. The maximum atomic E-state index is 4.28. The highest BCUT2D eigenvalue weighted by Gasteiger charge is 2.10. The van der Waals surface area contributed by atoms with E-state index < -0.39 is 0 Å². The Balaban J connectivity index is 1.79. The first-order valence-corrected chi connectivity index (χ1v) is 6.35. The van der Waals surface area contributed by atoms with Gasteiger partial charge in [-0.25, -0.2) is 4.98 Å². The number of aromatic nitrogens is 1. The van der Waals surface area contributed by atoms with Crippen molar-refractivity contribution in [1.82, 2.24) is 9.88 Å². The molecule has 0 amide bonds. The third kappa shape index (κ3) is 2.55. The Morgan fingerprint density at radius 2 is 2.14 bits per heavy atom. The molecule has 0 aliphatic carbocycles. The van der Waals surface area contributed by atoms with Crippen LogP contribution < -0.4 is 0 Å². The fraction of sp³-hybridized carbons (Fsp3) is 0.727. The smallest absolute Gasteiger partial charge is 0.0797 e. The molecule has 0 aromatic carbocycles. The number of piperidine rings is 1. The van der Waals surface area contributed by atoms with Gasteiger partial charge in [0.1, 0.15) is 0 Å². The number of thiazole rings is 1. The second-order valence-corrected chi connectivity index (χ2v) is 4.95. The van der Waals surface area contributed by atoms with Crippen molar-refractivity contribution in [3.05, 3.63) is 16.1 Å². The third-order valence-corrected chi connectivity index (χ3v) is 3.94. The van der Waals surface area contributed by atoms with E-state index >= 15 is 0 Å². The van der Waals surface area contributed by atoms with Gasteiger partial charge >= 0.3 is 0 Å². The highest BCUT2D eigenvalue weighted by Crippen LogP contribution is 2.15. The molecule has 1 aliphatic heterocycles. The third-order valence-electron chi connectivity index (χ3n) is 2.95. The summed E-state index contributed by atoms with van der Waals surface area (Å²) in [5.41, 5.74) is 3.19. The van der Waals surface area contributed by atoms with Crippen LogP contribution in [0.5, 0.6) is 0 Å². The van der Waals surface area contributed by atoms with Gasteiger partial charge < -0.3 is 4.90 Å². The molecule has 3 heteroatoms. The van der Waals surface area contributed by atoms with Gasteiger partial charge in [-0.3, -0.25) is 0 Å². The second kappa shape index (κ2) is 4.89. The zero-order valence-corrected chi connectivity index (χ0v) is 9.65. The van der Waals surface area contributed by atoms with Crippen molar-refractivity contribution in [3.8, 4) is 0 Å². The molecule has 1 saturated heterocycles. The van der Waals surface area contributed by atoms with Crippen LogP contribution in [0.1, 0.15) is 29.8 Å². The van der Waals surface area contributed by atoms with Gasteiger partial charge in [0.05, 0.1) is 11.2 Å². The van der Waals surface area contributed by atoms with Gasteiger partial charge in [-0.2, -0.15) is 0 Å². The molecule has 2 nitrogen and oxygen atoms in total. The van der Waals surface area contributed by atoms with E-state index in [0.717, 1.165) is 0 Å². The number of rotatable bonds is 3. The number of likely N-dealkylation sites (tertiary alicyclic amines) is 1. The van der Waals surface area contributed by atoms with Crippen LogP contribution in [0, 0.1) is 6.92 Å². The van der Waals surface area contributed by atoms with E-state index in [4.69, 9.17) is 0 Å². The summed E-state index contributed by atoms with van der Waals surface area (Å²) in [6.07, 6.45) is 5.40. The zero-order chi connectivity index (χ0) is 9.80. The zero-order valence-electron chi connectivity index (χ0n) is 8.83. The number of hydrogen-bond acceptors (Lipinski definition) is 3. The minimum absolute atomic E-state index is 1.19. The average molecular weight is 210 g/mol. The van der Waals surface area contributed by atoms with Crippen LogP contribution in [0.4, 0.5) is 0 Å². The Labute approximate surface area is 90.0 Å². The summed E-state index contributed by atoms with van der Waals surface area (Å²) in [6, 6.07) is 0. The monoisotopic (exact) mass is 210 g/mol. The summed E-state index contributed by atoms with van der Waals surface area (Å²) in [6.45, 7) is 5.95. The summed E-state index contributed by atoms with van der Waals surface area (Å²) >= 11 is 1.80. The molecular formula is C11H18N2S. The van der Waals surface area contributed by atoms with Crippen molar-refractivity contribution in [2.24, 2.45) is 0 Å². The molecule has 1 fully saturated rings. The lowest BCUT2D eigenvalue weighted by atomic mass is 10.1. The molecule has 0 spiro atoms. The second-order valence-electron chi connectivity index (χ2n) is 4.01. The van der Waals surface area contributed by atoms with Gasteiger partial charge in [-0.05, 0) is 39.3 Å². The highest BCUT2D eigenvalue weighted by atomic mass is 32.1. The van der Waals surface area contributed by atoms with Crippen LogP contribution in [0.25, 0.3) is 0 Å². The first-order valence-electron chi connectivity index (χ1n) is 5.47. The lowest BCUT2D eigenvalue weighted by Gasteiger charge is -2.26. The lowest BCUT2D eigenvalue weighted by molar-refractivity contribution is 0.232. The molecule has 0 saturated carbocycles. The Morgan fingerprint density at radius 1 is 1.36 bits per heavy atom. The van der Waals surface area contributed by atoms with Crippen LogP contribution in [0.15, 0.2) is 5.51 Å². The fourth-order valence-corrected chi connectivity index (χ4v) is 2.78. The maximum absolute atomic E-state index is 4.28. The van der Waals surface area contributed by atoms with Crippen molar-refractivity contribution in [3.63, 3.8) is 0 Å². The topological polar surface area (TPSA) is 16.1 Å². The number of hydrogen-bond donors (Lipinski definition) is 0. The maximum Gasteiger partial charge on any atom is 0.0797 e. The molecule has 1 aromatic heterocycles. The standard InChI is InChI=1S/C11H18N2S/c1-10-11(14-9-12-10)5-8-13-6-3-2-4-7-13/h9H,2-8H2,1H3. The summed E-state index contributed by atoms with van der Waals surface area (Å²) in [7, 11) is 0. The van der Waals surface area contributed by atoms with Crippen molar-refractivity contribution in [1.29, 1.82) is 0 Å². The van der Waals surface area contributed by atoms with Crippen LogP contribution in [0.3, 0.4) is 0 Å². The molecule has 0 bridgehead atoms.